The van der Waals surface area contributed by atoms with Gasteiger partial charge < -0.3 is 9.32 Å². The van der Waals surface area contributed by atoms with Gasteiger partial charge in [-0.2, -0.15) is 0 Å². The molecule has 0 aliphatic carbocycles. The van der Waals surface area contributed by atoms with Gasteiger partial charge in [0, 0.05) is 23.1 Å². The second kappa shape index (κ2) is 7.65. The number of oxazole rings is 1. The van der Waals surface area contributed by atoms with Crippen LogP contribution in [-0.4, -0.2) is 22.3 Å². The van der Waals surface area contributed by atoms with Gasteiger partial charge in [0.25, 0.3) is 0 Å². The van der Waals surface area contributed by atoms with E-state index in [9.17, 15) is 13.6 Å². The summed E-state index contributed by atoms with van der Waals surface area (Å²) in [6, 6.07) is 12.4. The van der Waals surface area contributed by atoms with Crippen LogP contribution in [0.25, 0.3) is 22.2 Å². The second-order valence-corrected chi connectivity index (χ2v) is 8.39. The number of hydrogen-bond donors (Lipinski definition) is 0. The van der Waals surface area contributed by atoms with Crippen LogP contribution in [0.1, 0.15) is 29.7 Å². The minimum atomic E-state index is -0.626. The minimum Gasteiger partial charge on any atom is -0.438 e. The molecule has 3 heterocycles. The lowest BCUT2D eigenvalue weighted by Crippen LogP contribution is -2.31. The van der Waals surface area contributed by atoms with Gasteiger partial charge in [-0.15, -0.1) is 11.3 Å². The Bertz CT molecular complexity index is 1220. The number of nitrogens with zero attached hydrogens (tertiary/aromatic N) is 2. The lowest BCUT2D eigenvalue weighted by atomic mass is 10.0. The molecule has 1 atom stereocenters. The van der Waals surface area contributed by atoms with Crippen LogP contribution in [0.15, 0.2) is 58.3 Å². The standard InChI is InChI=1S/C23H18F2N2O2S/c24-15-6-7-17(18(25)12-15)14-5-8-21-19(11-14)26-23(29-21)20-4-1-9-27(20)22(28)13-16-3-2-10-30-16/h2-3,5-8,10-12,20H,1,4,9,13H2/t20-/m0/s1. The van der Waals surface area contributed by atoms with E-state index in [0.717, 1.165) is 23.8 Å². The van der Waals surface area contributed by atoms with E-state index in [1.165, 1.54) is 12.1 Å². The molecule has 0 unspecified atom stereocenters. The first-order valence-electron chi connectivity index (χ1n) is 9.76. The first-order valence-corrected chi connectivity index (χ1v) is 10.6. The summed E-state index contributed by atoms with van der Waals surface area (Å²) in [5.41, 5.74) is 2.06. The van der Waals surface area contributed by atoms with Gasteiger partial charge in [0.15, 0.2) is 5.58 Å². The number of aromatic nitrogens is 1. The largest absolute Gasteiger partial charge is 0.438 e. The summed E-state index contributed by atoms with van der Waals surface area (Å²) in [6.07, 6.45) is 2.07. The summed E-state index contributed by atoms with van der Waals surface area (Å²) in [5.74, 6) is -0.677. The van der Waals surface area contributed by atoms with E-state index < -0.39 is 11.6 Å². The Morgan fingerprint density at radius 2 is 2.10 bits per heavy atom. The van der Waals surface area contributed by atoms with Gasteiger partial charge in [-0.1, -0.05) is 12.1 Å². The molecular weight excluding hydrogens is 406 g/mol. The molecule has 0 bridgehead atoms. The molecule has 1 saturated heterocycles. The van der Waals surface area contributed by atoms with Crippen LogP contribution in [0.2, 0.25) is 0 Å². The van der Waals surface area contributed by atoms with Gasteiger partial charge in [-0.25, -0.2) is 13.8 Å². The summed E-state index contributed by atoms with van der Waals surface area (Å²) in [4.78, 5) is 20.3. The molecule has 2 aromatic heterocycles. The summed E-state index contributed by atoms with van der Waals surface area (Å²) in [6.45, 7) is 0.680. The zero-order chi connectivity index (χ0) is 20.7. The van der Waals surface area contributed by atoms with Crippen molar-refractivity contribution in [3.05, 3.63) is 76.3 Å². The monoisotopic (exact) mass is 424 g/mol. The Hall–Kier alpha value is -3.06. The number of thiophene rings is 1. The Balaban J connectivity index is 1.43. The normalized spacial score (nSPS) is 16.5. The maximum absolute atomic E-state index is 14.2. The quantitative estimate of drug-likeness (QED) is 0.420. The molecule has 30 heavy (non-hydrogen) atoms. The third kappa shape index (κ3) is 3.50. The Morgan fingerprint density at radius 1 is 1.20 bits per heavy atom. The van der Waals surface area contributed by atoms with E-state index >= 15 is 0 Å². The van der Waals surface area contributed by atoms with Gasteiger partial charge >= 0.3 is 0 Å². The number of rotatable bonds is 4. The van der Waals surface area contributed by atoms with Gasteiger partial charge in [-0.3, -0.25) is 4.79 Å². The summed E-state index contributed by atoms with van der Waals surface area (Å²) in [7, 11) is 0. The van der Waals surface area contributed by atoms with Crippen LogP contribution < -0.4 is 0 Å². The molecule has 1 fully saturated rings. The first kappa shape index (κ1) is 18.9. The topological polar surface area (TPSA) is 46.3 Å². The smallest absolute Gasteiger partial charge is 0.228 e. The van der Waals surface area contributed by atoms with Gasteiger partial charge in [-0.05, 0) is 54.1 Å². The predicted molar refractivity (Wildman–Crippen MR) is 111 cm³/mol. The van der Waals surface area contributed by atoms with E-state index in [0.29, 0.717) is 41.1 Å². The van der Waals surface area contributed by atoms with Crippen molar-refractivity contribution in [2.75, 3.05) is 6.54 Å². The minimum absolute atomic E-state index is 0.0660. The van der Waals surface area contributed by atoms with Crippen molar-refractivity contribution >= 4 is 28.3 Å². The number of fused-ring (bicyclic) bond motifs is 1. The molecule has 1 aliphatic heterocycles. The highest BCUT2D eigenvalue weighted by Gasteiger charge is 2.33. The third-order valence-corrected chi connectivity index (χ3v) is 6.29. The van der Waals surface area contributed by atoms with Crippen molar-refractivity contribution in [2.45, 2.75) is 25.3 Å². The van der Waals surface area contributed by atoms with Crippen LogP contribution in [0.4, 0.5) is 8.78 Å². The highest BCUT2D eigenvalue weighted by molar-refractivity contribution is 7.10. The number of likely N-dealkylation sites (tertiary alicyclic amines) is 1. The average Bonchev–Trinajstić information content (AvgIpc) is 3.47. The van der Waals surface area contributed by atoms with E-state index in [2.05, 4.69) is 4.98 Å². The number of amides is 1. The summed E-state index contributed by atoms with van der Waals surface area (Å²) >= 11 is 1.57. The Labute approximate surface area is 175 Å². The highest BCUT2D eigenvalue weighted by atomic mass is 32.1. The van der Waals surface area contributed by atoms with Crippen molar-refractivity contribution in [2.24, 2.45) is 0 Å². The van der Waals surface area contributed by atoms with E-state index in [4.69, 9.17) is 4.42 Å². The van der Waals surface area contributed by atoms with Crippen molar-refractivity contribution in [3.63, 3.8) is 0 Å². The SMILES string of the molecule is O=C(Cc1cccs1)N1CCC[C@H]1c1nc2cc(-c3ccc(F)cc3F)ccc2o1. The highest BCUT2D eigenvalue weighted by Crippen LogP contribution is 2.35. The molecule has 5 rings (SSSR count). The van der Waals surface area contributed by atoms with Crippen molar-refractivity contribution in [1.82, 2.24) is 9.88 Å². The van der Waals surface area contributed by atoms with Crippen molar-refractivity contribution < 1.29 is 18.0 Å². The molecule has 1 aliphatic rings. The van der Waals surface area contributed by atoms with Crippen LogP contribution in [0.3, 0.4) is 0 Å². The van der Waals surface area contributed by atoms with E-state index in [-0.39, 0.29) is 11.9 Å². The maximum Gasteiger partial charge on any atom is 0.228 e. The van der Waals surface area contributed by atoms with E-state index in [1.807, 2.05) is 22.4 Å². The predicted octanol–water partition coefficient (Wildman–Crippen LogP) is 5.74. The molecule has 1 amide bonds. The van der Waals surface area contributed by atoms with E-state index in [1.54, 1.807) is 29.5 Å². The van der Waals surface area contributed by atoms with Crippen LogP contribution >= 0.6 is 11.3 Å². The Kier molecular flexibility index (Phi) is 4.83. The third-order valence-electron chi connectivity index (χ3n) is 5.41. The number of benzene rings is 2. The molecule has 0 radical (unpaired) electrons. The summed E-state index contributed by atoms with van der Waals surface area (Å²) < 4.78 is 33.3. The lowest BCUT2D eigenvalue weighted by molar-refractivity contribution is -0.131. The number of carbonyl (C=O) groups excluding carboxylic acids is 1. The lowest BCUT2D eigenvalue weighted by Gasteiger charge is -2.22. The Morgan fingerprint density at radius 3 is 2.90 bits per heavy atom. The molecule has 7 heteroatoms. The average molecular weight is 424 g/mol. The maximum atomic E-state index is 14.2. The number of hydrogen-bond acceptors (Lipinski definition) is 4. The molecule has 0 N–H and O–H groups in total. The van der Waals surface area contributed by atoms with Crippen LogP contribution in [0.5, 0.6) is 0 Å². The van der Waals surface area contributed by atoms with Crippen molar-refractivity contribution in [1.29, 1.82) is 0 Å². The fourth-order valence-corrected chi connectivity index (χ4v) is 4.66. The molecule has 2 aromatic carbocycles. The fraction of sp³-hybridized carbons (Fsp3) is 0.217. The zero-order valence-electron chi connectivity index (χ0n) is 16.0. The number of carbonyl (C=O) groups is 1. The van der Waals surface area contributed by atoms with Gasteiger partial charge in [0.05, 0.1) is 6.42 Å². The molecule has 152 valence electrons. The first-order chi connectivity index (χ1) is 14.6. The van der Waals surface area contributed by atoms with Gasteiger partial charge in [0.2, 0.25) is 11.8 Å². The molecule has 4 aromatic rings. The second-order valence-electron chi connectivity index (χ2n) is 7.36. The molecule has 4 nitrogen and oxygen atoms in total. The van der Waals surface area contributed by atoms with Crippen molar-refractivity contribution in [3.8, 4) is 11.1 Å². The van der Waals surface area contributed by atoms with Crippen LogP contribution in [-0.2, 0) is 11.2 Å². The summed E-state index contributed by atoms with van der Waals surface area (Å²) in [5, 5.41) is 1.96. The molecule has 0 spiro atoms. The number of halogens is 2. The molecule has 0 saturated carbocycles. The fourth-order valence-electron chi connectivity index (χ4n) is 3.96. The molecular formula is C23H18F2N2O2S. The zero-order valence-corrected chi connectivity index (χ0v) is 16.8. The van der Waals surface area contributed by atoms with Crippen LogP contribution in [0, 0.1) is 11.6 Å². The van der Waals surface area contributed by atoms with Gasteiger partial charge in [0.1, 0.15) is 23.2 Å².